The van der Waals surface area contributed by atoms with Crippen LogP contribution in [0.15, 0.2) is 12.3 Å². The molecule has 0 atom stereocenters. The minimum Gasteiger partial charge on any atom is -0.268 e. The van der Waals surface area contributed by atoms with Gasteiger partial charge in [0.2, 0.25) is 0 Å². The summed E-state index contributed by atoms with van der Waals surface area (Å²) in [5.41, 5.74) is 2.85. The molecule has 1 amide bonds. The number of hydrogen-bond acceptors (Lipinski definition) is 2. The van der Waals surface area contributed by atoms with Gasteiger partial charge in [0.1, 0.15) is 0 Å². The van der Waals surface area contributed by atoms with Crippen molar-refractivity contribution in [1.29, 1.82) is 0 Å². The van der Waals surface area contributed by atoms with Gasteiger partial charge in [0.15, 0.2) is 0 Å². The maximum atomic E-state index is 11.6. The highest BCUT2D eigenvalue weighted by Crippen LogP contribution is 2.42. The lowest BCUT2D eigenvalue weighted by Crippen LogP contribution is -2.10. The number of carbonyl (C=O) groups is 1. The molecule has 72 valence electrons. The third kappa shape index (κ3) is 1.05. The maximum absolute atomic E-state index is 11.6. The van der Waals surface area contributed by atoms with Crippen LogP contribution in [0.5, 0.6) is 0 Å². The number of carbonyl (C=O) groups excluding carboxylic acids is 1. The van der Waals surface area contributed by atoms with Gasteiger partial charge in [-0.1, -0.05) is 0 Å². The summed E-state index contributed by atoms with van der Waals surface area (Å²) in [6.45, 7) is 0.509. The second-order valence-corrected chi connectivity index (χ2v) is 4.23. The maximum Gasteiger partial charge on any atom is 0.269 e. The van der Waals surface area contributed by atoms with E-state index in [4.69, 9.17) is 11.8 Å². The molecule has 1 aromatic heterocycles. The Kier molecular flexibility index (Phi) is 1.59. The zero-order valence-corrected chi connectivity index (χ0v) is 8.29. The topological polar surface area (TPSA) is 33.2 Å². The molecule has 0 bridgehead atoms. The van der Waals surface area contributed by atoms with Crippen molar-refractivity contribution >= 4 is 17.7 Å². The molecule has 3 nitrogen and oxygen atoms in total. The van der Waals surface area contributed by atoms with Gasteiger partial charge in [0.25, 0.3) is 5.91 Å². The van der Waals surface area contributed by atoms with Crippen molar-refractivity contribution in [2.24, 2.45) is 0 Å². The Bertz CT molecular complexity index is 415. The van der Waals surface area contributed by atoms with Crippen molar-refractivity contribution in [3.05, 3.63) is 29.1 Å². The van der Waals surface area contributed by atoms with Crippen LogP contribution in [-0.4, -0.2) is 15.3 Å². The molecule has 0 radical (unpaired) electrons. The zero-order chi connectivity index (χ0) is 9.71. The van der Waals surface area contributed by atoms with Gasteiger partial charge in [0, 0.05) is 40.7 Å². The average Bonchev–Trinajstić information content (AvgIpc) is 2.96. The fraction of sp³-hybridized carbons (Fsp3) is 0.400. The van der Waals surface area contributed by atoms with Crippen LogP contribution in [-0.2, 0) is 6.54 Å². The number of halogens is 1. The van der Waals surface area contributed by atoms with Gasteiger partial charge in [-0.3, -0.25) is 9.78 Å². The fourth-order valence-corrected chi connectivity index (χ4v) is 2.14. The SMILES string of the molecule is O=C1c2ccnc(C3CC3)c2CN1Cl. The van der Waals surface area contributed by atoms with E-state index in [0.29, 0.717) is 12.5 Å². The monoisotopic (exact) mass is 208 g/mol. The number of amides is 1. The second-order valence-electron chi connectivity index (χ2n) is 3.82. The van der Waals surface area contributed by atoms with Crippen molar-refractivity contribution < 1.29 is 4.79 Å². The van der Waals surface area contributed by atoms with Crippen molar-refractivity contribution in [2.75, 3.05) is 0 Å². The molecule has 1 saturated carbocycles. The first kappa shape index (κ1) is 8.24. The minimum atomic E-state index is -0.0917. The van der Waals surface area contributed by atoms with Crippen LogP contribution in [0, 0.1) is 0 Å². The Morgan fingerprint density at radius 3 is 3.00 bits per heavy atom. The quantitative estimate of drug-likeness (QED) is 0.662. The van der Waals surface area contributed by atoms with Crippen molar-refractivity contribution in [3.8, 4) is 0 Å². The zero-order valence-electron chi connectivity index (χ0n) is 7.53. The predicted molar refractivity (Wildman–Crippen MR) is 51.9 cm³/mol. The highest BCUT2D eigenvalue weighted by molar-refractivity contribution is 6.25. The van der Waals surface area contributed by atoms with Gasteiger partial charge < -0.3 is 0 Å². The Morgan fingerprint density at radius 1 is 1.50 bits per heavy atom. The first-order chi connectivity index (χ1) is 6.77. The summed E-state index contributed by atoms with van der Waals surface area (Å²) in [6.07, 6.45) is 4.10. The van der Waals surface area contributed by atoms with E-state index >= 15 is 0 Å². The number of fused-ring (bicyclic) bond motifs is 1. The molecule has 14 heavy (non-hydrogen) atoms. The number of nitrogens with zero attached hydrogens (tertiary/aromatic N) is 2. The lowest BCUT2D eigenvalue weighted by Gasteiger charge is -2.03. The van der Waals surface area contributed by atoms with Gasteiger partial charge in [-0.25, -0.2) is 4.42 Å². The van der Waals surface area contributed by atoms with Crippen LogP contribution in [0.25, 0.3) is 0 Å². The lowest BCUT2D eigenvalue weighted by molar-refractivity contribution is 0.0881. The van der Waals surface area contributed by atoms with Crippen molar-refractivity contribution in [2.45, 2.75) is 25.3 Å². The van der Waals surface area contributed by atoms with E-state index in [0.717, 1.165) is 16.8 Å². The van der Waals surface area contributed by atoms with E-state index in [-0.39, 0.29) is 5.91 Å². The van der Waals surface area contributed by atoms with Gasteiger partial charge in [-0.2, -0.15) is 0 Å². The summed E-state index contributed by atoms with van der Waals surface area (Å²) in [6, 6.07) is 1.76. The van der Waals surface area contributed by atoms with E-state index in [9.17, 15) is 4.79 Å². The molecular formula is C10H9ClN2O. The molecule has 0 N–H and O–H groups in total. The minimum absolute atomic E-state index is 0.0917. The van der Waals surface area contributed by atoms with Gasteiger partial charge >= 0.3 is 0 Å². The average molecular weight is 209 g/mol. The summed E-state index contributed by atoms with van der Waals surface area (Å²) < 4.78 is 1.23. The summed E-state index contributed by atoms with van der Waals surface area (Å²) in [5.74, 6) is 0.479. The summed E-state index contributed by atoms with van der Waals surface area (Å²) in [7, 11) is 0. The molecule has 0 aromatic carbocycles. The summed E-state index contributed by atoms with van der Waals surface area (Å²) in [5, 5.41) is 0. The second kappa shape index (κ2) is 2.70. The number of hydrogen-bond donors (Lipinski definition) is 0. The van der Waals surface area contributed by atoms with Crippen LogP contribution in [0.1, 0.15) is 40.4 Å². The van der Waals surface area contributed by atoms with Crippen LogP contribution >= 0.6 is 11.8 Å². The summed E-state index contributed by atoms with van der Waals surface area (Å²) in [4.78, 5) is 15.9. The Labute approximate surface area is 86.8 Å². The molecule has 2 heterocycles. The largest absolute Gasteiger partial charge is 0.269 e. The van der Waals surface area contributed by atoms with Crippen molar-refractivity contribution in [1.82, 2.24) is 9.40 Å². The lowest BCUT2D eigenvalue weighted by atomic mass is 10.1. The molecule has 1 fully saturated rings. The van der Waals surface area contributed by atoms with Crippen LogP contribution in [0.3, 0.4) is 0 Å². The predicted octanol–water partition coefficient (Wildman–Crippen LogP) is 2.07. The normalized spacial score (nSPS) is 20.1. The fourth-order valence-electron chi connectivity index (χ4n) is 1.93. The molecular weight excluding hydrogens is 200 g/mol. The molecule has 0 spiro atoms. The first-order valence-corrected chi connectivity index (χ1v) is 5.06. The Morgan fingerprint density at radius 2 is 2.29 bits per heavy atom. The van der Waals surface area contributed by atoms with Gasteiger partial charge in [-0.15, -0.1) is 0 Å². The third-order valence-corrected chi connectivity index (χ3v) is 3.07. The summed E-state index contributed by atoms with van der Waals surface area (Å²) >= 11 is 5.78. The number of aromatic nitrogens is 1. The molecule has 1 aliphatic heterocycles. The molecule has 4 heteroatoms. The standard InChI is InChI=1S/C10H9ClN2O/c11-13-5-8-7(10(13)14)3-4-12-9(8)6-1-2-6/h3-4,6H,1-2,5H2. The highest BCUT2D eigenvalue weighted by atomic mass is 35.5. The Hall–Kier alpha value is -1.09. The number of rotatable bonds is 1. The van der Waals surface area contributed by atoms with Crippen LogP contribution < -0.4 is 0 Å². The molecule has 1 aliphatic carbocycles. The third-order valence-electron chi connectivity index (χ3n) is 2.80. The van der Waals surface area contributed by atoms with E-state index in [1.165, 1.54) is 17.3 Å². The molecule has 0 unspecified atom stereocenters. The molecule has 1 aromatic rings. The van der Waals surface area contributed by atoms with E-state index in [1.54, 1.807) is 12.3 Å². The molecule has 0 saturated heterocycles. The van der Waals surface area contributed by atoms with Gasteiger partial charge in [-0.05, 0) is 18.9 Å². The van der Waals surface area contributed by atoms with E-state index in [2.05, 4.69) is 4.98 Å². The van der Waals surface area contributed by atoms with Crippen molar-refractivity contribution in [3.63, 3.8) is 0 Å². The van der Waals surface area contributed by atoms with Gasteiger partial charge in [0.05, 0.1) is 6.54 Å². The van der Waals surface area contributed by atoms with E-state index < -0.39 is 0 Å². The smallest absolute Gasteiger partial charge is 0.268 e. The first-order valence-electron chi connectivity index (χ1n) is 4.73. The van der Waals surface area contributed by atoms with E-state index in [1.807, 2.05) is 0 Å². The Balaban J connectivity index is 2.14. The number of pyridine rings is 1. The molecule has 3 rings (SSSR count). The van der Waals surface area contributed by atoms with Crippen LogP contribution in [0.4, 0.5) is 0 Å². The highest BCUT2D eigenvalue weighted by Gasteiger charge is 2.34. The molecule has 2 aliphatic rings. The van der Waals surface area contributed by atoms with Crippen LogP contribution in [0.2, 0.25) is 0 Å².